The molecule has 0 saturated carbocycles. The molecule has 1 rings (SSSR count). The van der Waals surface area contributed by atoms with Crippen molar-refractivity contribution in [2.24, 2.45) is 5.92 Å². The monoisotopic (exact) mass is 327 g/mol. The zero-order chi connectivity index (χ0) is 16.8. The second-order valence-electron chi connectivity index (χ2n) is 5.75. The summed E-state index contributed by atoms with van der Waals surface area (Å²) in [6.45, 7) is 3.86. The van der Waals surface area contributed by atoms with Crippen molar-refractivity contribution in [1.82, 2.24) is 5.32 Å². The van der Waals surface area contributed by atoms with Crippen LogP contribution in [0.15, 0.2) is 30.3 Å². The maximum Gasteiger partial charge on any atom is 0.313 e. The Morgan fingerprint density at radius 3 is 2.32 bits per heavy atom. The number of nitrogens with one attached hydrogen (secondary N) is 1. The Morgan fingerprint density at radius 1 is 1.23 bits per heavy atom. The van der Waals surface area contributed by atoms with E-state index in [1.54, 1.807) is 30.3 Å². The van der Waals surface area contributed by atoms with Gasteiger partial charge in [0.25, 0.3) is 5.91 Å². The molecule has 0 radical (unpaired) electrons. The van der Waals surface area contributed by atoms with Gasteiger partial charge in [-0.25, -0.2) is 0 Å². The number of aliphatic carboxylic acids is 1. The largest absolute Gasteiger partial charge is 0.481 e. The van der Waals surface area contributed by atoms with Gasteiger partial charge in [-0.3, -0.25) is 14.2 Å². The van der Waals surface area contributed by atoms with Crippen LogP contribution in [0.4, 0.5) is 0 Å². The minimum absolute atomic E-state index is 0.200. The third-order valence-electron chi connectivity index (χ3n) is 3.02. The Labute approximate surface area is 130 Å². The smallest absolute Gasteiger partial charge is 0.313 e. The Bertz CT molecular complexity index is 558. The summed E-state index contributed by atoms with van der Waals surface area (Å²) >= 11 is 0. The van der Waals surface area contributed by atoms with Crippen LogP contribution in [-0.2, 0) is 9.36 Å². The summed E-state index contributed by atoms with van der Waals surface area (Å²) in [7, 11) is -3.82. The molecule has 0 saturated heterocycles. The molecule has 2 atom stereocenters. The fourth-order valence-electron chi connectivity index (χ4n) is 2.23. The number of hydrogen-bond acceptors (Lipinski definition) is 3. The van der Waals surface area contributed by atoms with Crippen molar-refractivity contribution >= 4 is 19.2 Å². The summed E-state index contributed by atoms with van der Waals surface area (Å²) in [5.74, 6) is -1.45. The van der Waals surface area contributed by atoms with Crippen molar-refractivity contribution < 1.29 is 24.2 Å². The molecular weight excluding hydrogens is 305 g/mol. The van der Waals surface area contributed by atoms with Crippen LogP contribution in [0.2, 0.25) is 0 Å². The van der Waals surface area contributed by atoms with Crippen LogP contribution < -0.4 is 5.32 Å². The van der Waals surface area contributed by atoms with E-state index in [1.807, 2.05) is 13.8 Å². The molecule has 0 fully saturated rings. The molecule has 0 spiro atoms. The maximum atomic E-state index is 12.1. The van der Waals surface area contributed by atoms with Crippen LogP contribution in [0.1, 0.15) is 30.6 Å². The van der Waals surface area contributed by atoms with Gasteiger partial charge in [0.1, 0.15) is 6.16 Å². The zero-order valence-electron chi connectivity index (χ0n) is 12.7. The molecular formula is C15H22NO5P. The number of amides is 1. The molecule has 1 aromatic rings. The topological polar surface area (TPSA) is 104 Å². The van der Waals surface area contributed by atoms with Crippen molar-refractivity contribution in [3.8, 4) is 0 Å². The summed E-state index contributed by atoms with van der Waals surface area (Å²) in [6, 6.07) is 8.01. The van der Waals surface area contributed by atoms with E-state index in [0.29, 0.717) is 12.0 Å². The highest BCUT2D eigenvalue weighted by Crippen LogP contribution is 2.41. The number of carboxylic acids is 1. The molecule has 1 unspecified atom stereocenters. The van der Waals surface area contributed by atoms with E-state index < -0.39 is 25.5 Å². The SMILES string of the molecule is CC(C)C[C@@H](CP(=O)(O)CC(=O)O)NC(=O)c1ccccc1. The average molecular weight is 327 g/mol. The normalized spacial score (nSPS) is 15.1. The van der Waals surface area contributed by atoms with Crippen LogP contribution in [0.3, 0.4) is 0 Å². The Morgan fingerprint density at radius 2 is 1.82 bits per heavy atom. The minimum atomic E-state index is -3.82. The second-order valence-corrected chi connectivity index (χ2v) is 8.12. The first-order chi connectivity index (χ1) is 10.2. The Balaban J connectivity index is 2.78. The maximum absolute atomic E-state index is 12.1. The highest BCUT2D eigenvalue weighted by Gasteiger charge is 2.28. The van der Waals surface area contributed by atoms with Gasteiger partial charge in [0.2, 0.25) is 7.37 Å². The third kappa shape index (κ3) is 6.87. The van der Waals surface area contributed by atoms with E-state index in [0.717, 1.165) is 0 Å². The van der Waals surface area contributed by atoms with Crippen LogP contribution in [0.5, 0.6) is 0 Å². The summed E-state index contributed by atoms with van der Waals surface area (Å²) in [4.78, 5) is 32.6. The van der Waals surface area contributed by atoms with Crippen molar-refractivity contribution in [2.45, 2.75) is 26.3 Å². The van der Waals surface area contributed by atoms with Crippen LogP contribution in [-0.4, -0.2) is 40.2 Å². The molecule has 6 nitrogen and oxygen atoms in total. The molecule has 0 aliphatic heterocycles. The van der Waals surface area contributed by atoms with Crippen molar-refractivity contribution in [3.05, 3.63) is 35.9 Å². The van der Waals surface area contributed by atoms with Gasteiger partial charge in [0, 0.05) is 17.8 Å². The van der Waals surface area contributed by atoms with E-state index in [-0.39, 0.29) is 18.0 Å². The lowest BCUT2D eigenvalue weighted by Crippen LogP contribution is -2.38. The molecule has 3 N–H and O–H groups in total. The third-order valence-corrected chi connectivity index (χ3v) is 4.79. The quantitative estimate of drug-likeness (QED) is 0.635. The summed E-state index contributed by atoms with van der Waals surface area (Å²) in [5.41, 5.74) is 0.460. The Hall–Kier alpha value is -1.65. The fraction of sp³-hybridized carbons (Fsp3) is 0.467. The lowest BCUT2D eigenvalue weighted by molar-refractivity contribution is -0.134. The summed E-state index contributed by atoms with van der Waals surface area (Å²) in [5, 5.41) is 11.4. The molecule has 0 bridgehead atoms. The molecule has 0 heterocycles. The van der Waals surface area contributed by atoms with E-state index in [4.69, 9.17) is 5.11 Å². The molecule has 7 heteroatoms. The average Bonchev–Trinajstić information content (AvgIpc) is 2.36. The summed E-state index contributed by atoms with van der Waals surface area (Å²) in [6.07, 6.45) is -0.526. The highest BCUT2D eigenvalue weighted by molar-refractivity contribution is 7.59. The lowest BCUT2D eigenvalue weighted by Gasteiger charge is -2.22. The zero-order valence-corrected chi connectivity index (χ0v) is 13.6. The van der Waals surface area contributed by atoms with E-state index >= 15 is 0 Å². The van der Waals surface area contributed by atoms with Crippen molar-refractivity contribution in [1.29, 1.82) is 0 Å². The Kier molecular flexibility index (Phi) is 6.78. The first-order valence-corrected chi connectivity index (χ1v) is 9.11. The molecule has 0 aliphatic carbocycles. The van der Waals surface area contributed by atoms with E-state index in [2.05, 4.69) is 5.32 Å². The number of carbonyl (C=O) groups is 2. The fourth-order valence-corrected chi connectivity index (χ4v) is 3.71. The van der Waals surface area contributed by atoms with Crippen LogP contribution >= 0.6 is 7.37 Å². The van der Waals surface area contributed by atoms with Crippen molar-refractivity contribution in [3.63, 3.8) is 0 Å². The van der Waals surface area contributed by atoms with E-state index in [1.165, 1.54) is 0 Å². The van der Waals surface area contributed by atoms with E-state index in [9.17, 15) is 19.0 Å². The van der Waals surface area contributed by atoms with Gasteiger partial charge in [0.15, 0.2) is 0 Å². The molecule has 0 aliphatic rings. The van der Waals surface area contributed by atoms with Gasteiger partial charge in [-0.2, -0.15) is 0 Å². The van der Waals surface area contributed by atoms with Gasteiger partial charge < -0.3 is 15.3 Å². The van der Waals surface area contributed by atoms with Crippen LogP contribution in [0, 0.1) is 5.92 Å². The molecule has 1 amide bonds. The first kappa shape index (κ1) is 18.4. The highest BCUT2D eigenvalue weighted by atomic mass is 31.2. The number of benzene rings is 1. The number of rotatable bonds is 8. The van der Waals surface area contributed by atoms with Crippen LogP contribution in [0.25, 0.3) is 0 Å². The molecule has 1 aromatic carbocycles. The summed E-state index contributed by atoms with van der Waals surface area (Å²) < 4.78 is 12.0. The number of hydrogen-bond donors (Lipinski definition) is 3. The van der Waals surface area contributed by atoms with Gasteiger partial charge in [0.05, 0.1) is 0 Å². The minimum Gasteiger partial charge on any atom is -0.481 e. The van der Waals surface area contributed by atoms with Crippen molar-refractivity contribution in [2.75, 3.05) is 12.3 Å². The standard InChI is InChI=1S/C15H22NO5P/c1-11(2)8-13(9-22(20,21)10-14(17)18)16-15(19)12-6-4-3-5-7-12/h3-7,11,13H,8-10H2,1-2H3,(H,16,19)(H,17,18)(H,20,21)/t13-/m0/s1. The number of carbonyl (C=O) groups excluding carboxylic acids is 1. The molecule has 0 aromatic heterocycles. The van der Waals surface area contributed by atoms with Gasteiger partial charge in [-0.1, -0.05) is 32.0 Å². The van der Waals surface area contributed by atoms with Gasteiger partial charge in [-0.05, 0) is 24.5 Å². The predicted molar refractivity (Wildman–Crippen MR) is 84.3 cm³/mol. The molecule has 22 heavy (non-hydrogen) atoms. The molecule has 122 valence electrons. The number of carboxylic acid groups (broad SMARTS) is 1. The first-order valence-electron chi connectivity index (χ1n) is 7.08. The second kappa shape index (κ2) is 8.11. The lowest BCUT2D eigenvalue weighted by atomic mass is 10.0. The van der Waals surface area contributed by atoms with Gasteiger partial charge >= 0.3 is 5.97 Å². The predicted octanol–water partition coefficient (Wildman–Crippen LogP) is 2.19. The van der Waals surface area contributed by atoms with Gasteiger partial charge in [-0.15, -0.1) is 0 Å².